The largest absolute Gasteiger partial charge is 0.478 e. The van der Waals surface area contributed by atoms with Crippen molar-refractivity contribution in [2.24, 2.45) is 11.8 Å². The number of benzene rings is 1. The fourth-order valence-electron chi connectivity index (χ4n) is 4.96. The molecule has 0 spiro atoms. The first-order chi connectivity index (χ1) is 19.3. The number of carbonyl (C=O) groups is 2. The molecule has 1 N–H and O–H groups in total. The molecule has 13 heteroatoms. The van der Waals surface area contributed by atoms with E-state index in [0.717, 1.165) is 37.2 Å². The lowest BCUT2D eigenvalue weighted by atomic mass is 9.82. The average Bonchev–Trinajstić information content (AvgIpc) is 3.42. The lowest BCUT2D eigenvalue weighted by Gasteiger charge is -2.34. The van der Waals surface area contributed by atoms with Crippen LogP contribution in [0.15, 0.2) is 36.8 Å². The van der Waals surface area contributed by atoms with E-state index in [1.165, 1.54) is 22.1 Å². The number of carboxylic acid groups (broad SMARTS) is 1. The molecule has 41 heavy (non-hydrogen) atoms. The van der Waals surface area contributed by atoms with Crippen LogP contribution >= 0.6 is 0 Å². The van der Waals surface area contributed by atoms with E-state index in [0.29, 0.717) is 18.8 Å². The molecule has 0 bridgehead atoms. The summed E-state index contributed by atoms with van der Waals surface area (Å²) in [6.07, 6.45) is 2.24. The number of carboxylic acids is 1. The van der Waals surface area contributed by atoms with Gasteiger partial charge in [0.05, 0.1) is 30.2 Å². The molecule has 0 saturated heterocycles. The third-order valence-corrected chi connectivity index (χ3v) is 7.15. The van der Waals surface area contributed by atoms with E-state index in [1.54, 1.807) is 13.8 Å². The molecule has 2 heterocycles. The van der Waals surface area contributed by atoms with Crippen molar-refractivity contribution >= 4 is 17.6 Å². The van der Waals surface area contributed by atoms with Crippen LogP contribution in [0.25, 0.3) is 0 Å². The van der Waals surface area contributed by atoms with Crippen LogP contribution in [0.5, 0.6) is 11.6 Å². The highest BCUT2D eigenvalue weighted by molar-refractivity contribution is 6.03. The second-order valence-electron chi connectivity index (χ2n) is 10.5. The maximum absolute atomic E-state index is 15.4. The number of aromatic carboxylic acids is 1. The summed E-state index contributed by atoms with van der Waals surface area (Å²) in [6.45, 7) is 5.67. The Labute approximate surface area is 234 Å². The van der Waals surface area contributed by atoms with Gasteiger partial charge in [-0.2, -0.15) is 28.2 Å². The molecule has 9 nitrogen and oxygen atoms in total. The van der Waals surface area contributed by atoms with Gasteiger partial charge in [0.15, 0.2) is 11.6 Å². The van der Waals surface area contributed by atoms with Crippen LogP contribution in [0, 0.1) is 17.7 Å². The van der Waals surface area contributed by atoms with Crippen molar-refractivity contribution in [2.45, 2.75) is 71.6 Å². The van der Waals surface area contributed by atoms with Crippen LogP contribution in [0.4, 0.5) is 23.2 Å². The second-order valence-corrected chi connectivity index (χ2v) is 10.5. The monoisotopic (exact) mass is 577 g/mol. The molecule has 220 valence electrons. The summed E-state index contributed by atoms with van der Waals surface area (Å²) in [6, 6.07) is 1.94. The van der Waals surface area contributed by atoms with E-state index in [-0.39, 0.29) is 36.0 Å². The lowest BCUT2D eigenvalue weighted by molar-refractivity contribution is -0.139. The summed E-state index contributed by atoms with van der Waals surface area (Å²) >= 11 is 0. The minimum atomic E-state index is -4.90. The van der Waals surface area contributed by atoms with Crippen LogP contribution < -0.4 is 9.64 Å². The topological polar surface area (TPSA) is 110 Å². The number of halogens is 4. The van der Waals surface area contributed by atoms with E-state index in [9.17, 15) is 27.9 Å². The van der Waals surface area contributed by atoms with Crippen molar-refractivity contribution in [1.82, 2.24) is 20.0 Å². The number of aryl methyl sites for hydroxylation is 2. The van der Waals surface area contributed by atoms with Crippen molar-refractivity contribution in [3.63, 3.8) is 0 Å². The Morgan fingerprint density at radius 1 is 1.12 bits per heavy atom. The summed E-state index contributed by atoms with van der Waals surface area (Å²) in [5.74, 6) is -4.50. The quantitative estimate of drug-likeness (QED) is 0.305. The highest BCUT2D eigenvalue weighted by atomic mass is 19.4. The van der Waals surface area contributed by atoms with Crippen molar-refractivity contribution in [3.05, 3.63) is 59.3 Å². The molecule has 1 aromatic carbocycles. The van der Waals surface area contributed by atoms with E-state index < -0.39 is 46.8 Å². The van der Waals surface area contributed by atoms with Gasteiger partial charge in [-0.3, -0.25) is 4.79 Å². The van der Waals surface area contributed by atoms with Crippen molar-refractivity contribution in [2.75, 3.05) is 4.90 Å². The Morgan fingerprint density at radius 2 is 1.78 bits per heavy atom. The van der Waals surface area contributed by atoms with Gasteiger partial charge >= 0.3 is 12.1 Å². The predicted octanol–water partition coefficient (Wildman–Crippen LogP) is 6.13. The SMILES string of the molecule is CC(C)N(c1cc(F)c(Oc2ncc(CCn3nccn3)cc2C(F)(F)F)cc1C(=O)O)C(=O)[C@H]1CC[C@H](C)CC1. The molecule has 1 aliphatic rings. The molecule has 2 aromatic heterocycles. The molecule has 3 aromatic rings. The third-order valence-electron chi connectivity index (χ3n) is 7.15. The first-order valence-corrected chi connectivity index (χ1v) is 13.3. The van der Waals surface area contributed by atoms with Gasteiger partial charge in [0.1, 0.15) is 5.56 Å². The number of amides is 1. The number of anilines is 1. The van der Waals surface area contributed by atoms with Crippen LogP contribution in [-0.2, 0) is 23.9 Å². The van der Waals surface area contributed by atoms with E-state index in [2.05, 4.69) is 22.1 Å². The van der Waals surface area contributed by atoms with E-state index >= 15 is 4.39 Å². The van der Waals surface area contributed by atoms with E-state index in [4.69, 9.17) is 4.74 Å². The second kappa shape index (κ2) is 12.2. The molecule has 1 amide bonds. The zero-order chi connectivity index (χ0) is 29.9. The number of alkyl halides is 3. The fourth-order valence-corrected chi connectivity index (χ4v) is 4.96. The number of hydrogen-bond acceptors (Lipinski definition) is 6. The number of rotatable bonds is 9. The van der Waals surface area contributed by atoms with Gasteiger partial charge in [0.25, 0.3) is 0 Å². The van der Waals surface area contributed by atoms with Gasteiger partial charge < -0.3 is 14.7 Å². The molecular weight excluding hydrogens is 546 g/mol. The van der Waals surface area contributed by atoms with Crippen LogP contribution in [0.2, 0.25) is 0 Å². The Kier molecular flexibility index (Phi) is 8.93. The molecule has 0 aliphatic heterocycles. The van der Waals surface area contributed by atoms with Gasteiger partial charge in [-0.1, -0.05) is 6.92 Å². The number of pyridine rings is 1. The molecule has 0 unspecified atom stereocenters. The van der Waals surface area contributed by atoms with Crippen LogP contribution in [0.3, 0.4) is 0 Å². The van der Waals surface area contributed by atoms with Gasteiger partial charge in [-0.15, -0.1) is 0 Å². The summed E-state index contributed by atoms with van der Waals surface area (Å²) in [4.78, 5) is 32.0. The number of hydrogen-bond donors (Lipinski definition) is 1. The summed E-state index contributed by atoms with van der Waals surface area (Å²) in [5, 5.41) is 17.7. The standard InChI is InChI=1S/C28H31F4N5O4/c1-16(2)37(26(38)19-6-4-17(3)5-7-19)23-14-22(29)24(13-20(23)27(39)40)41-25-21(28(30,31)32)12-18(15-33-25)8-11-36-34-9-10-35-36/h9-10,12-17,19H,4-8,11H2,1-3H3,(H,39,40)/t17-,19-. The number of ether oxygens (including phenoxy) is 1. The minimum absolute atomic E-state index is 0.135. The maximum atomic E-state index is 15.4. The number of carbonyl (C=O) groups excluding carboxylic acids is 1. The molecule has 4 rings (SSSR count). The van der Waals surface area contributed by atoms with Gasteiger partial charge in [-0.05, 0) is 63.5 Å². The smallest absolute Gasteiger partial charge is 0.421 e. The Bertz CT molecular complexity index is 1390. The van der Waals surface area contributed by atoms with E-state index in [1.807, 2.05) is 0 Å². The van der Waals surface area contributed by atoms with Crippen molar-refractivity contribution < 1.29 is 37.0 Å². The molecule has 0 atom stereocenters. The Hall–Kier alpha value is -4.03. The van der Waals surface area contributed by atoms with Gasteiger partial charge in [-0.25, -0.2) is 14.2 Å². The highest BCUT2D eigenvalue weighted by Gasteiger charge is 2.37. The van der Waals surface area contributed by atoms with Crippen LogP contribution in [-0.4, -0.2) is 43.0 Å². The average molecular weight is 578 g/mol. The zero-order valence-electron chi connectivity index (χ0n) is 22.9. The molecule has 1 saturated carbocycles. The molecular formula is C28H31F4N5O4. The molecule has 1 aliphatic carbocycles. The minimum Gasteiger partial charge on any atom is -0.478 e. The number of aromatic nitrogens is 4. The fraction of sp³-hybridized carbons (Fsp3) is 0.464. The van der Waals surface area contributed by atoms with Crippen molar-refractivity contribution in [3.8, 4) is 11.6 Å². The van der Waals surface area contributed by atoms with Gasteiger partial charge in [0.2, 0.25) is 11.8 Å². The Morgan fingerprint density at radius 3 is 2.37 bits per heavy atom. The summed E-state index contributed by atoms with van der Waals surface area (Å²) in [5.41, 5.74) is -1.71. The number of nitrogens with zero attached hydrogens (tertiary/aromatic N) is 5. The predicted molar refractivity (Wildman–Crippen MR) is 140 cm³/mol. The van der Waals surface area contributed by atoms with Crippen LogP contribution in [0.1, 0.15) is 67.9 Å². The van der Waals surface area contributed by atoms with Crippen molar-refractivity contribution in [1.29, 1.82) is 0 Å². The zero-order valence-corrected chi connectivity index (χ0v) is 22.9. The molecule has 1 fully saturated rings. The first kappa shape index (κ1) is 29.9. The molecule has 0 radical (unpaired) electrons. The summed E-state index contributed by atoms with van der Waals surface area (Å²) < 4.78 is 62.4. The summed E-state index contributed by atoms with van der Waals surface area (Å²) in [7, 11) is 0. The lowest BCUT2D eigenvalue weighted by Crippen LogP contribution is -2.43. The maximum Gasteiger partial charge on any atom is 0.421 e. The first-order valence-electron chi connectivity index (χ1n) is 13.3. The highest BCUT2D eigenvalue weighted by Crippen LogP contribution is 2.40. The third kappa shape index (κ3) is 7.01. The Balaban J connectivity index is 1.66. The van der Waals surface area contributed by atoms with Gasteiger partial charge in [0, 0.05) is 30.3 Å². The normalized spacial score (nSPS) is 17.5.